The summed E-state index contributed by atoms with van der Waals surface area (Å²) in [5.41, 5.74) is 9.48. The van der Waals surface area contributed by atoms with Crippen molar-refractivity contribution in [3.63, 3.8) is 0 Å². The highest BCUT2D eigenvalue weighted by atomic mass is 16.3. The van der Waals surface area contributed by atoms with E-state index in [4.69, 9.17) is 15.7 Å². The van der Waals surface area contributed by atoms with Gasteiger partial charge in [-0.2, -0.15) is 0 Å². The molecule has 3 aromatic rings. The van der Waals surface area contributed by atoms with Gasteiger partial charge in [-0.05, 0) is 55.4 Å². The van der Waals surface area contributed by atoms with Crippen LogP contribution in [0.1, 0.15) is 50.0 Å². The van der Waals surface area contributed by atoms with Crippen LogP contribution >= 0.6 is 0 Å². The number of carbonyl (C=O) groups is 1. The molecule has 2 aromatic heterocycles. The van der Waals surface area contributed by atoms with Crippen molar-refractivity contribution in [1.82, 2.24) is 20.2 Å². The number of anilines is 3. The molecule has 3 fully saturated rings. The highest BCUT2D eigenvalue weighted by molar-refractivity contribution is 5.79. The molecule has 9 nitrogen and oxygen atoms in total. The van der Waals surface area contributed by atoms with E-state index in [-0.39, 0.29) is 17.8 Å². The number of nitrogens with two attached hydrogens (primary N) is 1. The van der Waals surface area contributed by atoms with Crippen LogP contribution in [0, 0.1) is 0 Å². The minimum Gasteiger partial charge on any atom is -0.507 e. The Labute approximate surface area is 204 Å². The summed E-state index contributed by atoms with van der Waals surface area (Å²) in [7, 11) is 0. The number of aromatic nitrogens is 4. The fourth-order valence-corrected chi connectivity index (χ4v) is 5.84. The van der Waals surface area contributed by atoms with Crippen molar-refractivity contribution in [3.05, 3.63) is 48.3 Å². The minimum absolute atomic E-state index is 0.169. The van der Waals surface area contributed by atoms with Crippen molar-refractivity contribution in [2.75, 3.05) is 28.6 Å². The van der Waals surface area contributed by atoms with E-state index in [0.717, 1.165) is 56.0 Å². The Morgan fingerprint density at radius 3 is 2.31 bits per heavy atom. The van der Waals surface area contributed by atoms with Crippen molar-refractivity contribution in [3.8, 4) is 17.0 Å². The first-order valence-electron chi connectivity index (χ1n) is 12.4. The number of aromatic hydroxyl groups is 1. The zero-order chi connectivity index (χ0) is 23.9. The number of benzene rings is 1. The van der Waals surface area contributed by atoms with E-state index >= 15 is 0 Å². The molecule has 0 radical (unpaired) electrons. The van der Waals surface area contributed by atoms with Gasteiger partial charge in [0.05, 0.1) is 11.4 Å². The quantitative estimate of drug-likeness (QED) is 0.590. The predicted molar refractivity (Wildman–Crippen MR) is 133 cm³/mol. The smallest absolute Gasteiger partial charge is 0.225 e. The van der Waals surface area contributed by atoms with E-state index in [1.807, 2.05) is 30.6 Å². The summed E-state index contributed by atoms with van der Waals surface area (Å²) in [6.45, 7) is 1.59. The van der Waals surface area contributed by atoms with E-state index in [1.54, 1.807) is 12.1 Å². The lowest BCUT2D eigenvalue weighted by Gasteiger charge is -2.42. The molecule has 180 valence electrons. The molecule has 1 aromatic carbocycles. The molecule has 2 unspecified atom stereocenters. The molecule has 1 aliphatic carbocycles. The standard InChI is InChI=1S/C26H29N7O2/c27-25-23(11-22(30-31-25)21-3-1-2-4-24(21)35)32-14-18-7-8-19(15-32)33(18)26-28-12-17(13-29-26)16-5-9-20(34)10-6-16/h1-4,11-13,16,18-19,35H,5-10,14-15H2,(H2,27,31). The maximum atomic E-state index is 11.6. The van der Waals surface area contributed by atoms with Gasteiger partial charge in [-0.1, -0.05) is 12.1 Å². The number of ketones is 1. The molecule has 3 N–H and O–H groups in total. The zero-order valence-electron chi connectivity index (χ0n) is 19.5. The third-order valence-electron chi connectivity index (χ3n) is 7.71. The molecule has 2 atom stereocenters. The van der Waals surface area contributed by atoms with Crippen LogP contribution in [-0.2, 0) is 4.79 Å². The van der Waals surface area contributed by atoms with Gasteiger partial charge < -0.3 is 20.6 Å². The number of nitrogens with zero attached hydrogens (tertiary/aromatic N) is 6. The van der Waals surface area contributed by atoms with E-state index in [0.29, 0.717) is 41.6 Å². The average molecular weight is 472 g/mol. The molecule has 2 bridgehead atoms. The topological polar surface area (TPSA) is 121 Å². The van der Waals surface area contributed by atoms with Gasteiger partial charge in [0, 0.05) is 56.0 Å². The number of hydrogen-bond donors (Lipinski definition) is 2. The molecule has 6 rings (SSSR count). The first-order chi connectivity index (χ1) is 17.1. The number of phenolic OH excluding ortho intramolecular Hbond substituents is 1. The van der Waals surface area contributed by atoms with Gasteiger partial charge in [0.1, 0.15) is 11.5 Å². The molecule has 0 spiro atoms. The first kappa shape index (κ1) is 21.8. The van der Waals surface area contributed by atoms with Crippen LogP contribution in [0.3, 0.4) is 0 Å². The molecule has 0 amide bonds. The SMILES string of the molecule is Nc1nnc(-c2ccccc2O)cc1N1CC2CCC(C1)N2c1ncc(C2CCC(=O)CC2)cn1. The number of Topliss-reactive ketones (excluding diaryl/α,β-unsaturated/α-hetero) is 1. The average Bonchev–Trinajstić information content (AvgIpc) is 3.14. The van der Waals surface area contributed by atoms with Crippen molar-refractivity contribution >= 4 is 23.2 Å². The second-order valence-electron chi connectivity index (χ2n) is 9.84. The number of piperazine rings is 1. The summed E-state index contributed by atoms with van der Waals surface area (Å²) >= 11 is 0. The number of phenols is 1. The van der Waals surface area contributed by atoms with Crippen molar-refractivity contribution in [2.24, 2.45) is 0 Å². The minimum atomic E-state index is 0.169. The van der Waals surface area contributed by atoms with E-state index in [2.05, 4.69) is 20.0 Å². The highest BCUT2D eigenvalue weighted by Crippen LogP contribution is 2.38. The van der Waals surface area contributed by atoms with Crippen LogP contribution in [-0.4, -0.2) is 56.2 Å². The number of nitrogen functional groups attached to an aromatic ring is 1. The third-order valence-corrected chi connectivity index (χ3v) is 7.71. The lowest BCUT2D eigenvalue weighted by molar-refractivity contribution is -0.120. The Kier molecular flexibility index (Phi) is 5.47. The number of carbonyl (C=O) groups excluding carboxylic acids is 1. The molecule has 1 saturated carbocycles. The monoisotopic (exact) mass is 471 g/mol. The van der Waals surface area contributed by atoms with Crippen LogP contribution in [0.2, 0.25) is 0 Å². The molecular formula is C26H29N7O2. The Bertz CT molecular complexity index is 1220. The third kappa shape index (κ3) is 4.05. The molecule has 2 aliphatic heterocycles. The van der Waals surface area contributed by atoms with Crippen LogP contribution in [0.15, 0.2) is 42.7 Å². The van der Waals surface area contributed by atoms with Crippen LogP contribution < -0.4 is 15.5 Å². The fourth-order valence-electron chi connectivity index (χ4n) is 5.84. The van der Waals surface area contributed by atoms with Gasteiger partial charge in [-0.3, -0.25) is 4.79 Å². The lowest BCUT2D eigenvalue weighted by atomic mass is 9.85. The number of hydrogen-bond acceptors (Lipinski definition) is 9. The summed E-state index contributed by atoms with van der Waals surface area (Å²) < 4.78 is 0. The van der Waals surface area contributed by atoms with Crippen LogP contribution in [0.4, 0.5) is 17.5 Å². The summed E-state index contributed by atoms with van der Waals surface area (Å²) in [6.07, 6.45) is 9.18. The Morgan fingerprint density at radius 1 is 0.943 bits per heavy atom. The van der Waals surface area contributed by atoms with E-state index in [1.165, 1.54) is 0 Å². The Hall–Kier alpha value is -3.75. The van der Waals surface area contributed by atoms with Crippen LogP contribution in [0.25, 0.3) is 11.3 Å². The van der Waals surface area contributed by atoms with Gasteiger partial charge in [-0.25, -0.2) is 9.97 Å². The predicted octanol–water partition coefficient (Wildman–Crippen LogP) is 3.31. The Balaban J connectivity index is 1.21. The first-order valence-corrected chi connectivity index (χ1v) is 12.4. The lowest BCUT2D eigenvalue weighted by Crippen LogP contribution is -2.54. The number of para-hydroxylation sites is 1. The highest BCUT2D eigenvalue weighted by Gasteiger charge is 2.42. The second-order valence-corrected chi connectivity index (χ2v) is 9.84. The largest absolute Gasteiger partial charge is 0.507 e. The normalized spacial score (nSPS) is 22.6. The maximum absolute atomic E-state index is 11.6. The van der Waals surface area contributed by atoms with Gasteiger partial charge >= 0.3 is 0 Å². The molecule has 9 heteroatoms. The summed E-state index contributed by atoms with van der Waals surface area (Å²) in [6, 6.07) is 9.61. The van der Waals surface area contributed by atoms with Crippen molar-refractivity contribution in [2.45, 2.75) is 56.5 Å². The zero-order valence-corrected chi connectivity index (χ0v) is 19.5. The van der Waals surface area contributed by atoms with Gasteiger partial charge in [0.15, 0.2) is 5.82 Å². The van der Waals surface area contributed by atoms with Gasteiger partial charge in [0.25, 0.3) is 0 Å². The van der Waals surface area contributed by atoms with Gasteiger partial charge in [0.2, 0.25) is 5.95 Å². The molecule has 3 aliphatic rings. The summed E-state index contributed by atoms with van der Waals surface area (Å²) in [4.78, 5) is 25.7. The molecular weight excluding hydrogens is 442 g/mol. The number of fused-ring (bicyclic) bond motifs is 2. The van der Waals surface area contributed by atoms with E-state index < -0.39 is 0 Å². The molecule has 2 saturated heterocycles. The van der Waals surface area contributed by atoms with E-state index in [9.17, 15) is 9.90 Å². The molecule has 35 heavy (non-hydrogen) atoms. The number of rotatable bonds is 4. The Morgan fingerprint density at radius 2 is 1.63 bits per heavy atom. The fraction of sp³-hybridized carbons (Fsp3) is 0.423. The maximum Gasteiger partial charge on any atom is 0.225 e. The summed E-state index contributed by atoms with van der Waals surface area (Å²) in [5, 5.41) is 18.7. The van der Waals surface area contributed by atoms with Crippen molar-refractivity contribution in [1.29, 1.82) is 0 Å². The second kappa shape index (κ2) is 8.79. The summed E-state index contributed by atoms with van der Waals surface area (Å²) in [5.74, 6) is 2.09. The van der Waals surface area contributed by atoms with Crippen LogP contribution in [0.5, 0.6) is 5.75 Å². The molecule has 4 heterocycles. The van der Waals surface area contributed by atoms with Gasteiger partial charge in [-0.15, -0.1) is 10.2 Å². The van der Waals surface area contributed by atoms with Crippen molar-refractivity contribution < 1.29 is 9.90 Å².